The standard InChI is InChI=1S/C13H14O4/c1-2-4-8(5-3-1)13-15-6-9-11(17-13)12-10(16-12)7-14-9/h1-5,9-13H,6-7H2/t9-,10+,11-,12+,13+/m1/s1. The molecule has 17 heavy (non-hydrogen) atoms. The summed E-state index contributed by atoms with van der Waals surface area (Å²) >= 11 is 0. The van der Waals surface area contributed by atoms with Gasteiger partial charge in [-0.25, -0.2) is 0 Å². The lowest BCUT2D eigenvalue weighted by atomic mass is 10.0. The van der Waals surface area contributed by atoms with E-state index in [9.17, 15) is 0 Å². The van der Waals surface area contributed by atoms with Crippen LogP contribution >= 0.6 is 0 Å². The monoisotopic (exact) mass is 234 g/mol. The van der Waals surface area contributed by atoms with E-state index in [2.05, 4.69) is 0 Å². The molecule has 0 bridgehead atoms. The van der Waals surface area contributed by atoms with Crippen LogP contribution in [0.4, 0.5) is 0 Å². The third-order valence-corrected chi connectivity index (χ3v) is 3.55. The number of ether oxygens (including phenoxy) is 4. The molecule has 4 heteroatoms. The first kappa shape index (κ1) is 10.0. The lowest BCUT2D eigenvalue weighted by Crippen LogP contribution is -2.49. The van der Waals surface area contributed by atoms with Gasteiger partial charge in [0, 0.05) is 5.56 Å². The Hall–Kier alpha value is -0.940. The minimum atomic E-state index is -0.288. The normalized spacial score (nSPS) is 43.6. The summed E-state index contributed by atoms with van der Waals surface area (Å²) in [5, 5.41) is 0. The van der Waals surface area contributed by atoms with E-state index >= 15 is 0 Å². The highest BCUT2D eigenvalue weighted by Gasteiger charge is 2.55. The molecule has 0 aromatic heterocycles. The second kappa shape index (κ2) is 3.78. The van der Waals surface area contributed by atoms with Crippen molar-refractivity contribution in [2.24, 2.45) is 0 Å². The van der Waals surface area contributed by atoms with E-state index in [4.69, 9.17) is 18.9 Å². The quantitative estimate of drug-likeness (QED) is 0.686. The Bertz CT molecular complexity index is 407. The first-order chi connectivity index (χ1) is 8.42. The molecule has 3 aliphatic rings. The number of epoxide rings is 1. The van der Waals surface area contributed by atoms with Crippen molar-refractivity contribution in [1.82, 2.24) is 0 Å². The molecule has 4 rings (SSSR count). The Morgan fingerprint density at radius 2 is 1.59 bits per heavy atom. The van der Waals surface area contributed by atoms with Gasteiger partial charge in [0.2, 0.25) is 0 Å². The lowest BCUT2D eigenvalue weighted by Gasteiger charge is -2.37. The lowest BCUT2D eigenvalue weighted by molar-refractivity contribution is -0.273. The van der Waals surface area contributed by atoms with Crippen molar-refractivity contribution in [2.45, 2.75) is 30.7 Å². The van der Waals surface area contributed by atoms with E-state index in [0.717, 1.165) is 5.56 Å². The fourth-order valence-electron chi connectivity index (χ4n) is 2.56. The summed E-state index contributed by atoms with van der Waals surface area (Å²) in [6.07, 6.45) is 0.213. The number of benzene rings is 1. The average molecular weight is 234 g/mol. The molecule has 4 nitrogen and oxygen atoms in total. The molecule has 3 aliphatic heterocycles. The highest BCUT2D eigenvalue weighted by atomic mass is 16.7. The first-order valence-corrected chi connectivity index (χ1v) is 6.01. The molecule has 0 unspecified atom stereocenters. The zero-order valence-electron chi connectivity index (χ0n) is 9.32. The third-order valence-electron chi connectivity index (χ3n) is 3.55. The Morgan fingerprint density at radius 1 is 0.824 bits per heavy atom. The SMILES string of the molecule is c1ccc([C@H]2OC[C@H]3OC[C@@H]4O[C@@H]4[C@@H]3O2)cc1. The van der Waals surface area contributed by atoms with Gasteiger partial charge < -0.3 is 18.9 Å². The summed E-state index contributed by atoms with van der Waals surface area (Å²) in [6.45, 7) is 1.26. The summed E-state index contributed by atoms with van der Waals surface area (Å²) < 4.78 is 22.8. The molecule has 3 heterocycles. The molecular formula is C13H14O4. The minimum Gasteiger partial charge on any atom is -0.370 e. The Labute approximate surface area is 99.4 Å². The van der Waals surface area contributed by atoms with Crippen LogP contribution in [0.2, 0.25) is 0 Å². The maximum atomic E-state index is 5.96. The van der Waals surface area contributed by atoms with Gasteiger partial charge in [-0.1, -0.05) is 30.3 Å². The highest BCUT2D eigenvalue weighted by molar-refractivity contribution is 5.17. The van der Waals surface area contributed by atoms with Gasteiger partial charge in [0.15, 0.2) is 6.29 Å². The second-order valence-electron chi connectivity index (χ2n) is 4.69. The summed E-state index contributed by atoms with van der Waals surface area (Å²) in [7, 11) is 0. The van der Waals surface area contributed by atoms with Crippen molar-refractivity contribution in [3.05, 3.63) is 35.9 Å². The fourth-order valence-corrected chi connectivity index (χ4v) is 2.56. The van der Waals surface area contributed by atoms with Gasteiger partial charge in [0.05, 0.1) is 13.2 Å². The van der Waals surface area contributed by atoms with Gasteiger partial charge in [-0.2, -0.15) is 0 Å². The van der Waals surface area contributed by atoms with Crippen molar-refractivity contribution in [3.8, 4) is 0 Å². The maximum Gasteiger partial charge on any atom is 0.184 e. The molecular weight excluding hydrogens is 220 g/mol. The smallest absolute Gasteiger partial charge is 0.184 e. The molecule has 0 saturated carbocycles. The number of rotatable bonds is 1. The Kier molecular flexibility index (Phi) is 2.23. The number of hydrogen-bond donors (Lipinski definition) is 0. The van der Waals surface area contributed by atoms with Gasteiger partial charge in [-0.3, -0.25) is 0 Å². The molecule has 1 aromatic carbocycles. The van der Waals surface area contributed by atoms with Crippen molar-refractivity contribution in [1.29, 1.82) is 0 Å². The predicted molar refractivity (Wildman–Crippen MR) is 58.4 cm³/mol. The highest BCUT2D eigenvalue weighted by Crippen LogP contribution is 2.40. The molecule has 0 amide bonds. The van der Waals surface area contributed by atoms with Gasteiger partial charge in [-0.15, -0.1) is 0 Å². The van der Waals surface area contributed by atoms with Gasteiger partial charge in [0.25, 0.3) is 0 Å². The topological polar surface area (TPSA) is 40.2 Å². The largest absolute Gasteiger partial charge is 0.370 e. The molecule has 90 valence electrons. The van der Waals surface area contributed by atoms with Crippen molar-refractivity contribution in [3.63, 3.8) is 0 Å². The van der Waals surface area contributed by atoms with Crippen molar-refractivity contribution >= 4 is 0 Å². The number of fused-ring (bicyclic) bond motifs is 3. The maximum absolute atomic E-state index is 5.96. The van der Waals surface area contributed by atoms with Crippen LogP contribution in [-0.4, -0.2) is 37.6 Å². The third kappa shape index (κ3) is 1.68. The average Bonchev–Trinajstić information content (AvgIpc) is 3.19. The predicted octanol–water partition coefficient (Wildman–Crippen LogP) is 1.27. The second-order valence-corrected chi connectivity index (χ2v) is 4.69. The van der Waals surface area contributed by atoms with Gasteiger partial charge in [-0.05, 0) is 0 Å². The van der Waals surface area contributed by atoms with Crippen LogP contribution < -0.4 is 0 Å². The Morgan fingerprint density at radius 3 is 2.47 bits per heavy atom. The first-order valence-electron chi connectivity index (χ1n) is 6.01. The summed E-state index contributed by atoms with van der Waals surface area (Å²) in [5.74, 6) is 0. The van der Waals surface area contributed by atoms with Crippen LogP contribution in [0.15, 0.2) is 30.3 Å². The van der Waals surface area contributed by atoms with Crippen LogP contribution in [-0.2, 0) is 18.9 Å². The number of hydrogen-bond acceptors (Lipinski definition) is 4. The minimum absolute atomic E-state index is 0.0210. The van der Waals surface area contributed by atoms with E-state index in [1.165, 1.54) is 0 Å². The summed E-state index contributed by atoms with van der Waals surface area (Å²) in [6, 6.07) is 9.99. The molecule has 3 fully saturated rings. The van der Waals surface area contributed by atoms with E-state index in [1.807, 2.05) is 30.3 Å². The molecule has 5 atom stereocenters. The Balaban J connectivity index is 1.53. The van der Waals surface area contributed by atoms with Crippen LogP contribution in [0.3, 0.4) is 0 Å². The summed E-state index contributed by atoms with van der Waals surface area (Å²) in [4.78, 5) is 0. The zero-order chi connectivity index (χ0) is 11.2. The van der Waals surface area contributed by atoms with Crippen LogP contribution in [0.5, 0.6) is 0 Å². The molecule has 1 aromatic rings. The molecule has 0 radical (unpaired) electrons. The van der Waals surface area contributed by atoms with Gasteiger partial charge >= 0.3 is 0 Å². The van der Waals surface area contributed by atoms with E-state index < -0.39 is 0 Å². The van der Waals surface area contributed by atoms with Crippen molar-refractivity contribution < 1.29 is 18.9 Å². The van der Waals surface area contributed by atoms with E-state index in [-0.39, 0.29) is 30.7 Å². The van der Waals surface area contributed by atoms with E-state index in [0.29, 0.717) is 13.2 Å². The van der Waals surface area contributed by atoms with Gasteiger partial charge in [0.1, 0.15) is 24.4 Å². The molecule has 0 N–H and O–H groups in total. The van der Waals surface area contributed by atoms with E-state index in [1.54, 1.807) is 0 Å². The molecule has 3 saturated heterocycles. The van der Waals surface area contributed by atoms with Crippen LogP contribution in [0, 0.1) is 0 Å². The molecule has 0 spiro atoms. The van der Waals surface area contributed by atoms with Crippen molar-refractivity contribution in [2.75, 3.05) is 13.2 Å². The fraction of sp³-hybridized carbons (Fsp3) is 0.538. The van der Waals surface area contributed by atoms with Crippen LogP contribution in [0.25, 0.3) is 0 Å². The zero-order valence-corrected chi connectivity index (χ0v) is 9.32. The molecule has 0 aliphatic carbocycles. The summed E-state index contributed by atoms with van der Waals surface area (Å²) in [5.41, 5.74) is 1.05. The van der Waals surface area contributed by atoms with Crippen LogP contribution in [0.1, 0.15) is 11.9 Å².